The number of aryl methyl sites for hydroxylation is 1. The minimum absolute atomic E-state index is 0.0274. The first-order valence-corrected chi connectivity index (χ1v) is 11.2. The zero-order valence-electron chi connectivity index (χ0n) is 18.1. The molecule has 0 unspecified atom stereocenters. The Kier molecular flexibility index (Phi) is 6.75. The molecule has 6 heteroatoms. The van der Waals surface area contributed by atoms with Crippen LogP contribution in [0.3, 0.4) is 0 Å². The quantitative estimate of drug-likeness (QED) is 0.656. The Bertz CT molecular complexity index is 920. The molecule has 0 saturated heterocycles. The van der Waals surface area contributed by atoms with Gasteiger partial charge >= 0.3 is 0 Å². The molecule has 31 heavy (non-hydrogen) atoms. The van der Waals surface area contributed by atoms with Crippen LogP contribution in [0.5, 0.6) is 11.5 Å². The zero-order valence-corrected chi connectivity index (χ0v) is 18.1. The number of benzene rings is 2. The molecule has 1 N–H and O–H groups in total. The topological polar surface area (TPSA) is 67.9 Å². The maximum atomic E-state index is 12.6. The molecule has 2 aromatic rings. The summed E-state index contributed by atoms with van der Waals surface area (Å²) < 4.78 is 11.4. The van der Waals surface area contributed by atoms with Crippen molar-refractivity contribution in [3.05, 3.63) is 48.0 Å². The second-order valence-electron chi connectivity index (χ2n) is 8.36. The van der Waals surface area contributed by atoms with Crippen LogP contribution in [0.2, 0.25) is 0 Å². The van der Waals surface area contributed by atoms with Gasteiger partial charge in [-0.2, -0.15) is 0 Å². The lowest BCUT2D eigenvalue weighted by Gasteiger charge is -2.30. The largest absolute Gasteiger partial charge is 0.494 e. The lowest BCUT2D eigenvalue weighted by atomic mass is 9.88. The SMILES string of the molecule is Cc1ccc(OCCCN2C(=O)COc3ccc(NC(=O)C4CCCCC4)cc32)cc1. The molecule has 0 bridgehead atoms. The van der Waals surface area contributed by atoms with Crippen molar-refractivity contribution >= 4 is 23.2 Å². The summed E-state index contributed by atoms with van der Waals surface area (Å²) in [6, 6.07) is 13.4. The summed E-state index contributed by atoms with van der Waals surface area (Å²) in [6.07, 6.45) is 6.03. The first-order chi connectivity index (χ1) is 15.1. The molecule has 4 rings (SSSR count). The number of rotatable bonds is 7. The molecule has 6 nitrogen and oxygen atoms in total. The van der Waals surface area contributed by atoms with Crippen LogP contribution in [0, 0.1) is 12.8 Å². The van der Waals surface area contributed by atoms with Gasteiger partial charge < -0.3 is 19.7 Å². The van der Waals surface area contributed by atoms with Gasteiger partial charge in [-0.15, -0.1) is 0 Å². The first kappa shape index (κ1) is 21.2. The molecule has 0 spiro atoms. The van der Waals surface area contributed by atoms with Gasteiger partial charge in [0.2, 0.25) is 5.91 Å². The number of carbonyl (C=O) groups excluding carboxylic acids is 2. The standard InChI is InChI=1S/C25H30N2O4/c1-18-8-11-21(12-9-18)30-15-5-14-27-22-16-20(10-13-23(22)31-17-24(27)28)26-25(29)19-6-3-2-4-7-19/h8-13,16,19H,2-7,14-15,17H2,1H3,(H,26,29). The van der Waals surface area contributed by atoms with E-state index in [1.54, 1.807) is 4.90 Å². The fourth-order valence-corrected chi connectivity index (χ4v) is 4.18. The van der Waals surface area contributed by atoms with Gasteiger partial charge in [0.25, 0.3) is 5.91 Å². The summed E-state index contributed by atoms with van der Waals surface area (Å²) in [5.41, 5.74) is 2.59. The third-order valence-corrected chi connectivity index (χ3v) is 5.96. The summed E-state index contributed by atoms with van der Waals surface area (Å²) >= 11 is 0. The number of anilines is 2. The van der Waals surface area contributed by atoms with E-state index in [1.807, 2.05) is 49.4 Å². The Morgan fingerprint density at radius 2 is 1.90 bits per heavy atom. The van der Waals surface area contributed by atoms with E-state index in [1.165, 1.54) is 12.0 Å². The smallest absolute Gasteiger partial charge is 0.265 e. The van der Waals surface area contributed by atoms with Crippen LogP contribution in [-0.4, -0.2) is 31.6 Å². The number of hydrogen-bond donors (Lipinski definition) is 1. The monoisotopic (exact) mass is 422 g/mol. The van der Waals surface area contributed by atoms with Gasteiger partial charge in [-0.25, -0.2) is 0 Å². The molecule has 2 aromatic carbocycles. The van der Waals surface area contributed by atoms with Crippen LogP contribution >= 0.6 is 0 Å². The van der Waals surface area contributed by atoms with E-state index in [4.69, 9.17) is 9.47 Å². The maximum Gasteiger partial charge on any atom is 0.265 e. The van der Waals surface area contributed by atoms with E-state index < -0.39 is 0 Å². The minimum Gasteiger partial charge on any atom is -0.494 e. The highest BCUT2D eigenvalue weighted by Crippen LogP contribution is 2.35. The van der Waals surface area contributed by atoms with E-state index in [0.717, 1.165) is 31.4 Å². The lowest BCUT2D eigenvalue weighted by molar-refractivity contribution is -0.121. The van der Waals surface area contributed by atoms with Crippen molar-refractivity contribution in [3.8, 4) is 11.5 Å². The number of carbonyl (C=O) groups is 2. The molecule has 1 saturated carbocycles. The Morgan fingerprint density at radius 3 is 2.68 bits per heavy atom. The van der Waals surface area contributed by atoms with Crippen molar-refractivity contribution in [2.45, 2.75) is 45.4 Å². The van der Waals surface area contributed by atoms with Crippen molar-refractivity contribution < 1.29 is 19.1 Å². The van der Waals surface area contributed by atoms with Crippen molar-refractivity contribution in [1.82, 2.24) is 0 Å². The second-order valence-corrected chi connectivity index (χ2v) is 8.36. The van der Waals surface area contributed by atoms with Crippen LogP contribution in [0.4, 0.5) is 11.4 Å². The van der Waals surface area contributed by atoms with Crippen LogP contribution in [-0.2, 0) is 9.59 Å². The maximum absolute atomic E-state index is 12.6. The number of ether oxygens (including phenoxy) is 2. The molecule has 1 aliphatic heterocycles. The number of fused-ring (bicyclic) bond motifs is 1. The van der Waals surface area contributed by atoms with Crippen molar-refractivity contribution in [2.24, 2.45) is 5.92 Å². The molecule has 0 atom stereocenters. The van der Waals surface area contributed by atoms with Gasteiger partial charge in [0.05, 0.1) is 12.3 Å². The summed E-state index contributed by atoms with van der Waals surface area (Å²) in [5, 5.41) is 3.03. The summed E-state index contributed by atoms with van der Waals surface area (Å²) in [6.45, 7) is 3.11. The third kappa shape index (κ3) is 5.37. The highest BCUT2D eigenvalue weighted by atomic mass is 16.5. The number of nitrogens with one attached hydrogen (secondary N) is 1. The highest BCUT2D eigenvalue weighted by Gasteiger charge is 2.26. The van der Waals surface area contributed by atoms with Crippen molar-refractivity contribution in [3.63, 3.8) is 0 Å². The van der Waals surface area contributed by atoms with E-state index >= 15 is 0 Å². The van der Waals surface area contributed by atoms with Crippen LogP contribution < -0.4 is 19.7 Å². The number of hydrogen-bond acceptors (Lipinski definition) is 4. The molecular formula is C25H30N2O4. The minimum atomic E-state index is -0.0846. The average Bonchev–Trinajstić information content (AvgIpc) is 2.79. The predicted molar refractivity (Wildman–Crippen MR) is 121 cm³/mol. The van der Waals surface area contributed by atoms with Gasteiger partial charge in [0, 0.05) is 18.2 Å². The average molecular weight is 423 g/mol. The third-order valence-electron chi connectivity index (χ3n) is 5.96. The highest BCUT2D eigenvalue weighted by molar-refractivity contribution is 5.99. The molecule has 0 radical (unpaired) electrons. The van der Waals surface area contributed by atoms with Gasteiger partial charge in [0.1, 0.15) is 11.5 Å². The molecular weight excluding hydrogens is 392 g/mol. The van der Waals surface area contributed by atoms with E-state index in [-0.39, 0.29) is 24.3 Å². The normalized spacial score (nSPS) is 16.4. The Balaban J connectivity index is 1.37. The number of amides is 2. The molecule has 0 aromatic heterocycles. The lowest BCUT2D eigenvalue weighted by Crippen LogP contribution is -2.40. The van der Waals surface area contributed by atoms with Crippen LogP contribution in [0.1, 0.15) is 44.1 Å². The molecule has 164 valence electrons. The van der Waals surface area contributed by atoms with Gasteiger partial charge in [-0.3, -0.25) is 9.59 Å². The van der Waals surface area contributed by atoms with Gasteiger partial charge in [0.15, 0.2) is 6.61 Å². The van der Waals surface area contributed by atoms with Gasteiger partial charge in [-0.05, 0) is 56.5 Å². The first-order valence-electron chi connectivity index (χ1n) is 11.2. The Labute approximate surface area is 183 Å². The molecule has 2 amide bonds. The van der Waals surface area contributed by atoms with Crippen LogP contribution in [0.15, 0.2) is 42.5 Å². The fourth-order valence-electron chi connectivity index (χ4n) is 4.18. The van der Waals surface area contributed by atoms with Crippen molar-refractivity contribution in [2.75, 3.05) is 30.0 Å². The Hall–Kier alpha value is -3.02. The van der Waals surface area contributed by atoms with E-state index in [0.29, 0.717) is 36.7 Å². The fraction of sp³-hybridized carbons (Fsp3) is 0.440. The van der Waals surface area contributed by atoms with E-state index in [9.17, 15) is 9.59 Å². The predicted octanol–water partition coefficient (Wildman–Crippen LogP) is 4.71. The van der Waals surface area contributed by atoms with Gasteiger partial charge in [-0.1, -0.05) is 37.0 Å². The molecule has 1 heterocycles. The Morgan fingerprint density at radius 1 is 1.13 bits per heavy atom. The van der Waals surface area contributed by atoms with E-state index in [2.05, 4.69) is 5.32 Å². The number of nitrogens with zero attached hydrogens (tertiary/aromatic N) is 1. The zero-order chi connectivity index (χ0) is 21.6. The molecule has 1 aliphatic carbocycles. The summed E-state index contributed by atoms with van der Waals surface area (Å²) in [7, 11) is 0. The molecule has 2 aliphatic rings. The van der Waals surface area contributed by atoms with Crippen LogP contribution in [0.25, 0.3) is 0 Å². The molecule has 1 fully saturated rings. The summed E-state index contributed by atoms with van der Waals surface area (Å²) in [4.78, 5) is 26.9. The van der Waals surface area contributed by atoms with Crippen molar-refractivity contribution in [1.29, 1.82) is 0 Å². The summed E-state index contributed by atoms with van der Waals surface area (Å²) in [5.74, 6) is 1.55. The second kappa shape index (κ2) is 9.86.